The Labute approximate surface area is 83.0 Å². The lowest BCUT2D eigenvalue weighted by molar-refractivity contribution is 0.0431. The van der Waals surface area contributed by atoms with Crippen LogP contribution in [0.2, 0.25) is 19.1 Å². The van der Waals surface area contributed by atoms with Gasteiger partial charge < -0.3 is 10.2 Å². The van der Waals surface area contributed by atoms with E-state index in [1.165, 1.54) is 18.9 Å². The summed E-state index contributed by atoms with van der Waals surface area (Å²) in [6.45, 7) is 7.71. The van der Waals surface area contributed by atoms with Crippen molar-refractivity contribution in [2.45, 2.75) is 57.3 Å². The van der Waals surface area contributed by atoms with Crippen molar-refractivity contribution in [2.75, 3.05) is 6.54 Å². The first kappa shape index (κ1) is 11.2. The Morgan fingerprint density at radius 3 is 2.69 bits per heavy atom. The molecule has 1 aliphatic rings. The summed E-state index contributed by atoms with van der Waals surface area (Å²) in [5.74, 6) is 0. The zero-order valence-corrected chi connectivity index (χ0v) is 10.2. The molecule has 1 atom stereocenters. The van der Waals surface area contributed by atoms with Crippen molar-refractivity contribution < 1.29 is 4.43 Å². The minimum atomic E-state index is -1.32. The van der Waals surface area contributed by atoms with Gasteiger partial charge in [-0.1, -0.05) is 6.42 Å². The minimum absolute atomic E-state index is 0.146. The van der Waals surface area contributed by atoms with Crippen molar-refractivity contribution in [3.05, 3.63) is 0 Å². The van der Waals surface area contributed by atoms with Crippen molar-refractivity contribution >= 4 is 8.32 Å². The molecule has 0 saturated carbocycles. The molecule has 13 heavy (non-hydrogen) atoms. The predicted molar refractivity (Wildman–Crippen MR) is 59.3 cm³/mol. The van der Waals surface area contributed by atoms with Crippen molar-refractivity contribution in [1.29, 1.82) is 0 Å². The van der Waals surface area contributed by atoms with E-state index in [1.807, 2.05) is 0 Å². The number of nitrogens with two attached hydrogens (primary N) is 1. The Hall–Kier alpha value is 0.137. The highest BCUT2D eigenvalue weighted by atomic mass is 28.4. The summed E-state index contributed by atoms with van der Waals surface area (Å²) in [5, 5.41) is 0. The molecule has 0 bridgehead atoms. The van der Waals surface area contributed by atoms with Gasteiger partial charge in [0.05, 0.1) is 5.60 Å². The van der Waals surface area contributed by atoms with E-state index in [1.54, 1.807) is 0 Å². The molecule has 3 heteroatoms. The Balaban J connectivity index is 2.47. The van der Waals surface area contributed by atoms with E-state index in [9.17, 15) is 0 Å². The van der Waals surface area contributed by atoms with Crippen LogP contribution < -0.4 is 5.73 Å². The maximum atomic E-state index is 6.25. The molecule has 0 spiro atoms. The normalized spacial score (nSPS) is 33.2. The highest BCUT2D eigenvalue weighted by Gasteiger charge is 2.37. The molecule has 0 radical (unpaired) electrons. The van der Waals surface area contributed by atoms with Crippen LogP contribution in [-0.2, 0) is 4.43 Å². The summed E-state index contributed by atoms with van der Waals surface area (Å²) in [5.41, 5.74) is 5.67. The largest absolute Gasteiger partial charge is 0.412 e. The van der Waals surface area contributed by atoms with Gasteiger partial charge in [0.15, 0.2) is 8.32 Å². The van der Waals surface area contributed by atoms with Gasteiger partial charge in [-0.05, 0) is 51.9 Å². The summed E-state index contributed by atoms with van der Waals surface area (Å²) in [6.07, 6.45) is 4.81. The SMILES string of the molecule is CC1(CCCN)CCC[Si](C)(C)O1. The van der Waals surface area contributed by atoms with Crippen molar-refractivity contribution in [1.82, 2.24) is 0 Å². The fourth-order valence-electron chi connectivity index (χ4n) is 2.31. The van der Waals surface area contributed by atoms with Gasteiger partial charge in [0, 0.05) is 0 Å². The molecule has 0 aliphatic carbocycles. The highest BCUT2D eigenvalue weighted by molar-refractivity contribution is 6.71. The van der Waals surface area contributed by atoms with Gasteiger partial charge in [0.25, 0.3) is 0 Å². The van der Waals surface area contributed by atoms with E-state index in [0.717, 1.165) is 19.4 Å². The minimum Gasteiger partial charge on any atom is -0.412 e. The average molecular weight is 201 g/mol. The fourth-order valence-corrected chi connectivity index (χ4v) is 4.98. The van der Waals surface area contributed by atoms with Crippen LogP contribution in [0.1, 0.15) is 32.6 Å². The summed E-state index contributed by atoms with van der Waals surface area (Å²) in [7, 11) is -1.32. The predicted octanol–water partition coefficient (Wildman–Crippen LogP) is 2.50. The van der Waals surface area contributed by atoms with Crippen molar-refractivity contribution in [3.8, 4) is 0 Å². The van der Waals surface area contributed by atoms with Crippen LogP contribution >= 0.6 is 0 Å². The van der Waals surface area contributed by atoms with E-state index < -0.39 is 8.32 Å². The van der Waals surface area contributed by atoms with Gasteiger partial charge in [-0.2, -0.15) is 0 Å². The third-order valence-corrected chi connectivity index (χ3v) is 5.52. The molecule has 1 fully saturated rings. The zero-order valence-electron chi connectivity index (χ0n) is 9.23. The van der Waals surface area contributed by atoms with Crippen LogP contribution in [0.4, 0.5) is 0 Å². The molecule has 1 heterocycles. The molecule has 0 amide bonds. The van der Waals surface area contributed by atoms with E-state index in [-0.39, 0.29) is 5.60 Å². The Kier molecular flexibility index (Phi) is 3.55. The molecule has 0 aromatic carbocycles. The smallest absolute Gasteiger partial charge is 0.187 e. The van der Waals surface area contributed by atoms with Gasteiger partial charge in [-0.15, -0.1) is 0 Å². The third-order valence-electron chi connectivity index (χ3n) is 2.92. The van der Waals surface area contributed by atoms with Gasteiger partial charge >= 0.3 is 0 Å². The second-order valence-corrected chi connectivity index (χ2v) is 9.28. The first-order valence-corrected chi connectivity index (χ1v) is 8.49. The third kappa shape index (κ3) is 3.41. The lowest BCUT2D eigenvalue weighted by atomic mass is 9.95. The highest BCUT2D eigenvalue weighted by Crippen LogP contribution is 2.35. The summed E-state index contributed by atoms with van der Waals surface area (Å²) in [6, 6.07) is 1.32. The van der Waals surface area contributed by atoms with Gasteiger partial charge in [0.1, 0.15) is 0 Å². The molecular weight excluding hydrogens is 178 g/mol. The van der Waals surface area contributed by atoms with Crippen LogP contribution in [0.25, 0.3) is 0 Å². The second-order valence-electron chi connectivity index (χ2n) is 5.06. The average Bonchev–Trinajstić information content (AvgIpc) is 1.98. The maximum absolute atomic E-state index is 6.25. The molecular formula is C10H23NOSi. The topological polar surface area (TPSA) is 35.2 Å². The van der Waals surface area contributed by atoms with E-state index in [2.05, 4.69) is 20.0 Å². The lowest BCUT2D eigenvalue weighted by Crippen LogP contribution is -2.46. The Morgan fingerprint density at radius 2 is 2.15 bits per heavy atom. The molecule has 0 aromatic rings. The quantitative estimate of drug-likeness (QED) is 0.712. The molecule has 2 nitrogen and oxygen atoms in total. The maximum Gasteiger partial charge on any atom is 0.187 e. The van der Waals surface area contributed by atoms with Gasteiger partial charge in [0.2, 0.25) is 0 Å². The zero-order chi connectivity index (χ0) is 9.95. The van der Waals surface area contributed by atoms with Crippen LogP contribution in [-0.4, -0.2) is 20.5 Å². The fraction of sp³-hybridized carbons (Fsp3) is 1.00. The molecule has 1 rings (SSSR count). The van der Waals surface area contributed by atoms with Gasteiger partial charge in [-0.3, -0.25) is 0 Å². The first-order valence-electron chi connectivity index (χ1n) is 5.38. The first-order chi connectivity index (χ1) is 5.97. The standard InChI is InChI=1S/C10H23NOSi/c1-10(6-4-8-11)7-5-9-13(2,3)12-10/h4-9,11H2,1-3H3. The summed E-state index contributed by atoms with van der Waals surface area (Å²) in [4.78, 5) is 0. The Bertz CT molecular complexity index is 172. The molecule has 0 aromatic heterocycles. The number of hydrogen-bond donors (Lipinski definition) is 1. The second kappa shape index (κ2) is 4.11. The molecule has 1 aliphatic heterocycles. The van der Waals surface area contributed by atoms with Crippen LogP contribution in [0.3, 0.4) is 0 Å². The van der Waals surface area contributed by atoms with Gasteiger partial charge in [-0.25, -0.2) is 0 Å². The summed E-state index contributed by atoms with van der Waals surface area (Å²) < 4.78 is 6.25. The van der Waals surface area contributed by atoms with E-state index in [4.69, 9.17) is 10.2 Å². The molecule has 1 saturated heterocycles. The van der Waals surface area contributed by atoms with Crippen molar-refractivity contribution in [3.63, 3.8) is 0 Å². The number of rotatable bonds is 3. The summed E-state index contributed by atoms with van der Waals surface area (Å²) >= 11 is 0. The van der Waals surface area contributed by atoms with Crippen molar-refractivity contribution in [2.24, 2.45) is 5.73 Å². The molecule has 1 unspecified atom stereocenters. The lowest BCUT2D eigenvalue weighted by Gasteiger charge is -2.42. The number of hydrogen-bond acceptors (Lipinski definition) is 2. The molecule has 78 valence electrons. The van der Waals surface area contributed by atoms with Crippen LogP contribution in [0.15, 0.2) is 0 Å². The van der Waals surface area contributed by atoms with Crippen LogP contribution in [0.5, 0.6) is 0 Å². The van der Waals surface area contributed by atoms with E-state index in [0.29, 0.717) is 0 Å². The monoisotopic (exact) mass is 201 g/mol. The van der Waals surface area contributed by atoms with E-state index >= 15 is 0 Å². The van der Waals surface area contributed by atoms with Crippen LogP contribution in [0, 0.1) is 0 Å². The Morgan fingerprint density at radius 1 is 1.46 bits per heavy atom. The molecule has 2 N–H and O–H groups in total.